The van der Waals surface area contributed by atoms with Crippen LogP contribution in [0.1, 0.15) is 20.3 Å². The Labute approximate surface area is 78.3 Å². The summed E-state index contributed by atoms with van der Waals surface area (Å²) >= 11 is 0. The van der Waals surface area contributed by atoms with E-state index in [0.29, 0.717) is 12.5 Å². The van der Waals surface area contributed by atoms with Gasteiger partial charge in [-0.1, -0.05) is 6.92 Å². The van der Waals surface area contributed by atoms with E-state index in [1.807, 2.05) is 0 Å². The first-order valence-corrected chi connectivity index (χ1v) is 4.55. The fraction of sp³-hybridized carbons (Fsp3) is 0.778. The molecule has 0 unspecified atom stereocenters. The molecule has 13 heavy (non-hydrogen) atoms. The smallest absolute Gasteiger partial charge is 0.242 e. The standard InChI is InChI=1S/C9H16N2O2/c1-6-4-8(9(13)10-3)11(5-6)7(2)12/h6,8H,4-5H2,1-3H3,(H,10,13)/t6-,8+/m1/s1. The molecule has 2 atom stereocenters. The minimum Gasteiger partial charge on any atom is -0.357 e. The van der Waals surface area contributed by atoms with E-state index in [4.69, 9.17) is 0 Å². The molecular formula is C9H16N2O2. The lowest BCUT2D eigenvalue weighted by molar-refractivity contribution is -0.136. The van der Waals surface area contributed by atoms with Gasteiger partial charge in [-0.05, 0) is 12.3 Å². The van der Waals surface area contributed by atoms with Gasteiger partial charge in [0.05, 0.1) is 0 Å². The van der Waals surface area contributed by atoms with Gasteiger partial charge in [0.1, 0.15) is 6.04 Å². The highest BCUT2D eigenvalue weighted by Crippen LogP contribution is 2.22. The number of nitrogens with one attached hydrogen (secondary N) is 1. The molecule has 1 aliphatic heterocycles. The van der Waals surface area contributed by atoms with Gasteiger partial charge in [0.15, 0.2) is 0 Å². The number of hydrogen-bond acceptors (Lipinski definition) is 2. The fourth-order valence-corrected chi connectivity index (χ4v) is 1.81. The van der Waals surface area contributed by atoms with Gasteiger partial charge < -0.3 is 10.2 Å². The number of hydrogen-bond donors (Lipinski definition) is 1. The van der Waals surface area contributed by atoms with Crippen LogP contribution in [0.3, 0.4) is 0 Å². The first-order valence-electron chi connectivity index (χ1n) is 4.55. The van der Waals surface area contributed by atoms with Crippen molar-refractivity contribution in [2.75, 3.05) is 13.6 Å². The molecule has 1 rings (SSSR count). The van der Waals surface area contributed by atoms with Crippen LogP contribution < -0.4 is 5.32 Å². The number of likely N-dealkylation sites (N-methyl/N-ethyl adjacent to an activating group) is 1. The lowest BCUT2D eigenvalue weighted by Gasteiger charge is -2.21. The molecular weight excluding hydrogens is 168 g/mol. The van der Waals surface area contributed by atoms with Crippen LogP contribution in [-0.4, -0.2) is 36.3 Å². The minimum absolute atomic E-state index is 0.0158. The van der Waals surface area contributed by atoms with Gasteiger partial charge in [0, 0.05) is 20.5 Å². The number of likely N-dealkylation sites (tertiary alicyclic amines) is 1. The third-order valence-corrected chi connectivity index (χ3v) is 2.46. The maximum absolute atomic E-state index is 11.4. The average molecular weight is 184 g/mol. The van der Waals surface area contributed by atoms with Crippen LogP contribution in [0.2, 0.25) is 0 Å². The molecule has 4 nitrogen and oxygen atoms in total. The lowest BCUT2D eigenvalue weighted by atomic mass is 10.1. The molecule has 0 aliphatic carbocycles. The summed E-state index contributed by atoms with van der Waals surface area (Å²) in [4.78, 5) is 24.2. The Morgan fingerprint density at radius 1 is 1.46 bits per heavy atom. The molecule has 1 saturated heterocycles. The quantitative estimate of drug-likeness (QED) is 0.623. The molecule has 1 fully saturated rings. The predicted octanol–water partition coefficient (Wildman–Crippen LogP) is -0.0107. The summed E-state index contributed by atoms with van der Waals surface area (Å²) < 4.78 is 0. The van der Waals surface area contributed by atoms with E-state index < -0.39 is 0 Å². The SMILES string of the molecule is CNC(=O)[C@@H]1C[C@@H](C)CN1C(C)=O. The normalized spacial score (nSPS) is 27.5. The van der Waals surface area contributed by atoms with Crippen LogP contribution in [0.25, 0.3) is 0 Å². The van der Waals surface area contributed by atoms with Gasteiger partial charge in [0.2, 0.25) is 11.8 Å². The molecule has 1 N–H and O–H groups in total. The molecule has 0 aromatic carbocycles. The summed E-state index contributed by atoms with van der Waals surface area (Å²) in [6.45, 7) is 4.26. The fourth-order valence-electron chi connectivity index (χ4n) is 1.81. The zero-order valence-corrected chi connectivity index (χ0v) is 8.33. The Bertz CT molecular complexity index is 228. The number of nitrogens with zero attached hydrogens (tertiary/aromatic N) is 1. The van der Waals surface area contributed by atoms with Gasteiger partial charge in [-0.3, -0.25) is 9.59 Å². The molecule has 0 aromatic rings. The van der Waals surface area contributed by atoms with Gasteiger partial charge in [0.25, 0.3) is 0 Å². The predicted molar refractivity (Wildman–Crippen MR) is 49.0 cm³/mol. The van der Waals surface area contributed by atoms with Crippen LogP contribution in [-0.2, 0) is 9.59 Å². The zero-order valence-electron chi connectivity index (χ0n) is 8.33. The molecule has 0 radical (unpaired) electrons. The van der Waals surface area contributed by atoms with Gasteiger partial charge in [-0.15, -0.1) is 0 Å². The number of amides is 2. The Hall–Kier alpha value is -1.06. The zero-order chi connectivity index (χ0) is 10.0. The lowest BCUT2D eigenvalue weighted by Crippen LogP contribution is -2.43. The average Bonchev–Trinajstić information content (AvgIpc) is 2.46. The van der Waals surface area contributed by atoms with Crippen LogP contribution in [0.5, 0.6) is 0 Å². The van der Waals surface area contributed by atoms with Crippen molar-refractivity contribution in [3.05, 3.63) is 0 Å². The molecule has 1 heterocycles. The Kier molecular flexibility index (Phi) is 2.90. The first-order chi connectivity index (χ1) is 6.06. The highest BCUT2D eigenvalue weighted by atomic mass is 16.2. The van der Waals surface area contributed by atoms with Crippen molar-refractivity contribution in [3.8, 4) is 0 Å². The number of carbonyl (C=O) groups excluding carboxylic acids is 2. The van der Waals surface area contributed by atoms with Crippen molar-refractivity contribution in [3.63, 3.8) is 0 Å². The molecule has 0 aromatic heterocycles. The van der Waals surface area contributed by atoms with Crippen LogP contribution in [0, 0.1) is 5.92 Å². The summed E-state index contributed by atoms with van der Waals surface area (Å²) in [7, 11) is 1.60. The Balaban J connectivity index is 2.71. The van der Waals surface area contributed by atoms with Gasteiger partial charge in [-0.2, -0.15) is 0 Å². The van der Waals surface area contributed by atoms with Crippen LogP contribution >= 0.6 is 0 Å². The maximum atomic E-state index is 11.4. The molecule has 4 heteroatoms. The largest absolute Gasteiger partial charge is 0.357 e. The van der Waals surface area contributed by atoms with Crippen molar-refractivity contribution in [2.24, 2.45) is 5.92 Å². The van der Waals surface area contributed by atoms with Crippen molar-refractivity contribution in [1.82, 2.24) is 10.2 Å². The van der Waals surface area contributed by atoms with E-state index in [9.17, 15) is 9.59 Å². The number of carbonyl (C=O) groups is 2. The van der Waals surface area contributed by atoms with E-state index in [1.165, 1.54) is 6.92 Å². The van der Waals surface area contributed by atoms with E-state index in [0.717, 1.165) is 6.42 Å². The first kappa shape index (κ1) is 10.0. The second-order valence-corrected chi connectivity index (χ2v) is 3.64. The summed E-state index contributed by atoms with van der Waals surface area (Å²) in [6.07, 6.45) is 0.777. The van der Waals surface area contributed by atoms with Crippen LogP contribution in [0.4, 0.5) is 0 Å². The number of rotatable bonds is 1. The molecule has 0 spiro atoms. The molecule has 0 bridgehead atoms. The molecule has 74 valence electrons. The van der Waals surface area contributed by atoms with E-state index in [1.54, 1.807) is 11.9 Å². The maximum Gasteiger partial charge on any atom is 0.242 e. The summed E-state index contributed by atoms with van der Waals surface area (Å²) in [6, 6.07) is -0.252. The third kappa shape index (κ3) is 1.99. The minimum atomic E-state index is -0.252. The van der Waals surface area contributed by atoms with Gasteiger partial charge in [-0.25, -0.2) is 0 Å². The second kappa shape index (κ2) is 3.77. The second-order valence-electron chi connectivity index (χ2n) is 3.64. The highest BCUT2D eigenvalue weighted by Gasteiger charge is 2.35. The molecule has 0 saturated carbocycles. The monoisotopic (exact) mass is 184 g/mol. The topological polar surface area (TPSA) is 49.4 Å². The van der Waals surface area contributed by atoms with E-state index in [-0.39, 0.29) is 17.9 Å². The van der Waals surface area contributed by atoms with E-state index >= 15 is 0 Å². The van der Waals surface area contributed by atoms with Gasteiger partial charge >= 0.3 is 0 Å². The Morgan fingerprint density at radius 3 is 2.54 bits per heavy atom. The summed E-state index contributed by atoms with van der Waals surface area (Å²) in [5.74, 6) is 0.351. The van der Waals surface area contributed by atoms with Crippen LogP contribution in [0.15, 0.2) is 0 Å². The van der Waals surface area contributed by atoms with Crippen molar-refractivity contribution in [2.45, 2.75) is 26.3 Å². The highest BCUT2D eigenvalue weighted by molar-refractivity contribution is 5.87. The summed E-state index contributed by atoms with van der Waals surface area (Å²) in [5.41, 5.74) is 0. The molecule has 1 aliphatic rings. The Morgan fingerprint density at radius 2 is 2.08 bits per heavy atom. The molecule has 2 amide bonds. The van der Waals surface area contributed by atoms with E-state index in [2.05, 4.69) is 12.2 Å². The van der Waals surface area contributed by atoms with Crippen molar-refractivity contribution >= 4 is 11.8 Å². The summed E-state index contributed by atoms with van der Waals surface area (Å²) in [5, 5.41) is 2.58. The van der Waals surface area contributed by atoms with Crippen molar-refractivity contribution in [1.29, 1.82) is 0 Å². The third-order valence-electron chi connectivity index (χ3n) is 2.46. The van der Waals surface area contributed by atoms with Crippen molar-refractivity contribution < 1.29 is 9.59 Å².